The summed E-state index contributed by atoms with van der Waals surface area (Å²) in [4.78, 5) is 23.0. The lowest BCUT2D eigenvalue weighted by Gasteiger charge is -2.45. The van der Waals surface area contributed by atoms with Crippen molar-refractivity contribution in [3.05, 3.63) is 0 Å². The average Bonchev–Trinajstić information content (AvgIpc) is 2.78. The van der Waals surface area contributed by atoms with Crippen LogP contribution in [0.1, 0.15) is 53.4 Å². The first kappa shape index (κ1) is 35.3. The number of carbonyl (C=O) groups is 2. The van der Waals surface area contributed by atoms with E-state index >= 15 is 0 Å². The van der Waals surface area contributed by atoms with Crippen molar-refractivity contribution in [1.82, 2.24) is 0 Å². The van der Waals surface area contributed by atoms with Crippen LogP contribution in [-0.2, 0) is 38.0 Å². The summed E-state index contributed by atoms with van der Waals surface area (Å²) in [5, 5.41) is 0. The van der Waals surface area contributed by atoms with Gasteiger partial charge in [0.1, 0.15) is 12.8 Å². The molecule has 0 spiro atoms. The number of alkyl halides is 6. The normalized spacial score (nSPS) is 21.9. The van der Waals surface area contributed by atoms with E-state index in [0.29, 0.717) is 13.2 Å². The molecule has 15 heteroatoms. The van der Waals surface area contributed by atoms with Crippen LogP contribution in [0, 0.1) is 10.8 Å². The molecule has 0 saturated carbocycles. The molecule has 2 fully saturated rings. The summed E-state index contributed by atoms with van der Waals surface area (Å²) in [6, 6.07) is 0. The van der Waals surface area contributed by atoms with Gasteiger partial charge in [0, 0.05) is 10.8 Å². The van der Waals surface area contributed by atoms with Crippen molar-refractivity contribution in [1.29, 1.82) is 0 Å². The Kier molecular flexibility index (Phi) is 12.3. The predicted molar refractivity (Wildman–Crippen MR) is 114 cm³/mol. The van der Waals surface area contributed by atoms with Gasteiger partial charge in [0.2, 0.25) is 0 Å². The molecule has 0 aromatic rings. The highest BCUT2D eigenvalue weighted by Gasteiger charge is 2.76. The van der Waals surface area contributed by atoms with Crippen LogP contribution in [0.5, 0.6) is 0 Å². The van der Waals surface area contributed by atoms with Crippen molar-refractivity contribution < 1.29 is 69.1 Å². The molecular formula is C22H35F7O8. The number of hydrogen-bond donors (Lipinski definition) is 0. The topological polar surface area (TPSA) is 89.5 Å². The van der Waals surface area contributed by atoms with Gasteiger partial charge in [-0.3, -0.25) is 14.3 Å². The van der Waals surface area contributed by atoms with Crippen molar-refractivity contribution in [2.75, 3.05) is 40.6 Å². The maximum absolute atomic E-state index is 12.4. The smallest absolute Gasteiger partial charge is 0.453 e. The minimum atomic E-state index is -5.65. The lowest BCUT2D eigenvalue weighted by molar-refractivity contribution is -0.489. The fourth-order valence-corrected chi connectivity index (χ4v) is 3.33. The van der Waals surface area contributed by atoms with Crippen LogP contribution in [0.3, 0.4) is 0 Å². The van der Waals surface area contributed by atoms with Crippen molar-refractivity contribution in [3.63, 3.8) is 0 Å². The molecule has 37 heavy (non-hydrogen) atoms. The van der Waals surface area contributed by atoms with Crippen molar-refractivity contribution >= 4 is 11.9 Å². The van der Waals surface area contributed by atoms with Crippen molar-refractivity contribution in [2.45, 2.75) is 77.3 Å². The minimum absolute atomic E-state index is 0. The molecule has 0 radical (unpaired) electrons. The fraction of sp³-hybridized carbons (Fsp3) is 0.909. The largest absolute Gasteiger partial charge is 0.469 e. The molecule has 2 aliphatic heterocycles. The molecular weight excluding hydrogens is 525 g/mol. The summed E-state index contributed by atoms with van der Waals surface area (Å²) in [6.07, 6.45) is -9.72. The first-order valence-corrected chi connectivity index (χ1v) is 11.2. The standard InChI is InChI=1S/C14H24O6.C8H10F6O2.FH/c1-5-13(6-2)9-19-14(20-10-13,7-11(15)17-3)8-12(16)18-4;1-5(2)3-15-6(16-4-5,7(9,10)11)8(12,13)14;/h5-10H2,1-4H3;3-4H2,1-2H3;1H. The van der Waals surface area contributed by atoms with E-state index in [-0.39, 0.29) is 23.0 Å². The van der Waals surface area contributed by atoms with Crippen LogP contribution >= 0.6 is 0 Å². The lowest BCUT2D eigenvalue weighted by Crippen LogP contribution is -2.64. The first-order valence-electron chi connectivity index (χ1n) is 11.2. The van der Waals surface area contributed by atoms with Crippen LogP contribution in [0.4, 0.5) is 31.0 Å². The third-order valence-electron chi connectivity index (χ3n) is 6.14. The maximum Gasteiger partial charge on any atom is 0.453 e. The molecule has 0 bridgehead atoms. The van der Waals surface area contributed by atoms with Crippen molar-refractivity contribution in [3.8, 4) is 0 Å². The first-order chi connectivity index (χ1) is 16.4. The van der Waals surface area contributed by atoms with Gasteiger partial charge in [-0.15, -0.1) is 0 Å². The molecule has 2 heterocycles. The van der Waals surface area contributed by atoms with E-state index in [1.165, 1.54) is 28.1 Å². The van der Waals surface area contributed by atoms with Crippen LogP contribution in [-0.4, -0.2) is 76.5 Å². The van der Waals surface area contributed by atoms with E-state index in [4.69, 9.17) is 9.47 Å². The highest BCUT2D eigenvalue weighted by atomic mass is 19.4. The molecule has 2 rings (SSSR count). The Balaban J connectivity index is 0.000000698. The van der Waals surface area contributed by atoms with E-state index < -0.39 is 54.5 Å². The summed E-state index contributed by atoms with van der Waals surface area (Å²) in [7, 11) is 2.58. The van der Waals surface area contributed by atoms with Gasteiger partial charge in [0.15, 0.2) is 5.79 Å². The van der Waals surface area contributed by atoms with E-state index in [1.807, 2.05) is 0 Å². The Morgan fingerprint density at radius 2 is 1.08 bits per heavy atom. The minimum Gasteiger partial charge on any atom is -0.469 e. The molecule has 2 aliphatic rings. The zero-order chi connectivity index (χ0) is 28.1. The molecule has 0 atom stereocenters. The number of halogens is 7. The quantitative estimate of drug-likeness (QED) is 0.342. The second kappa shape index (κ2) is 12.9. The number of methoxy groups -OCH3 is 2. The second-order valence-corrected chi connectivity index (χ2v) is 9.55. The Morgan fingerprint density at radius 1 is 0.730 bits per heavy atom. The van der Waals surface area contributed by atoms with Crippen LogP contribution in [0.2, 0.25) is 0 Å². The highest BCUT2D eigenvalue weighted by Crippen LogP contribution is 2.50. The van der Waals surface area contributed by atoms with Gasteiger partial charge in [-0.1, -0.05) is 27.7 Å². The molecule has 0 aromatic heterocycles. The maximum atomic E-state index is 12.4. The Labute approximate surface area is 210 Å². The summed E-state index contributed by atoms with van der Waals surface area (Å²) >= 11 is 0. The third-order valence-corrected chi connectivity index (χ3v) is 6.14. The molecule has 0 N–H and O–H groups in total. The van der Waals surface area contributed by atoms with Gasteiger partial charge in [-0.05, 0) is 12.8 Å². The SMILES string of the molecule is CC1(C)COC(C(F)(F)F)(C(F)(F)F)OC1.CCC1(CC)COC(CC(=O)OC)(CC(=O)OC)OC1.F. The third kappa shape index (κ3) is 8.65. The summed E-state index contributed by atoms with van der Waals surface area (Å²) < 4.78 is 103. The zero-order valence-electron chi connectivity index (χ0n) is 21.6. The van der Waals surface area contributed by atoms with Crippen LogP contribution < -0.4 is 0 Å². The Bertz CT molecular complexity index is 692. The van der Waals surface area contributed by atoms with Gasteiger partial charge in [0.25, 0.3) is 0 Å². The fourth-order valence-electron chi connectivity index (χ4n) is 3.33. The monoisotopic (exact) mass is 560 g/mol. The molecule has 8 nitrogen and oxygen atoms in total. The predicted octanol–water partition coefficient (Wildman–Crippen LogP) is 4.69. The van der Waals surface area contributed by atoms with E-state index in [0.717, 1.165) is 12.8 Å². The molecule has 0 unspecified atom stereocenters. The summed E-state index contributed by atoms with van der Waals surface area (Å²) in [5.74, 6) is -6.72. The number of ether oxygens (including phenoxy) is 6. The molecule has 0 amide bonds. The van der Waals surface area contributed by atoms with Crippen LogP contribution in [0.25, 0.3) is 0 Å². The summed E-state index contributed by atoms with van der Waals surface area (Å²) in [6.45, 7) is 6.60. The molecule has 2 saturated heterocycles. The number of rotatable bonds is 6. The number of carbonyl (C=O) groups excluding carboxylic acids is 2. The van der Waals surface area contributed by atoms with Gasteiger partial charge in [-0.2, -0.15) is 26.3 Å². The second-order valence-electron chi connectivity index (χ2n) is 9.55. The lowest BCUT2D eigenvalue weighted by atomic mass is 9.83. The van der Waals surface area contributed by atoms with Crippen LogP contribution in [0.15, 0.2) is 0 Å². The highest BCUT2D eigenvalue weighted by molar-refractivity contribution is 5.74. The number of esters is 2. The molecule has 0 aromatic carbocycles. The van der Waals surface area contributed by atoms with E-state index in [9.17, 15) is 35.9 Å². The summed E-state index contributed by atoms with van der Waals surface area (Å²) in [5.41, 5.74) is -0.935. The molecule has 0 aliphatic carbocycles. The van der Waals surface area contributed by atoms with E-state index in [2.05, 4.69) is 32.8 Å². The van der Waals surface area contributed by atoms with Gasteiger partial charge < -0.3 is 28.4 Å². The van der Waals surface area contributed by atoms with E-state index in [1.54, 1.807) is 0 Å². The Morgan fingerprint density at radius 3 is 1.35 bits per heavy atom. The average molecular weight is 561 g/mol. The Hall–Kier alpha value is -1.71. The van der Waals surface area contributed by atoms with Gasteiger partial charge >= 0.3 is 30.1 Å². The van der Waals surface area contributed by atoms with Gasteiger partial charge in [0.05, 0.1) is 40.6 Å². The van der Waals surface area contributed by atoms with Crippen molar-refractivity contribution in [2.24, 2.45) is 10.8 Å². The number of hydrogen-bond acceptors (Lipinski definition) is 8. The van der Waals surface area contributed by atoms with Gasteiger partial charge in [-0.25, -0.2) is 0 Å². The zero-order valence-corrected chi connectivity index (χ0v) is 21.6. The molecule has 220 valence electrons.